The van der Waals surface area contributed by atoms with E-state index in [0.717, 1.165) is 22.4 Å². The molecule has 4 heteroatoms. The Bertz CT molecular complexity index is 550. The van der Waals surface area contributed by atoms with E-state index in [1.54, 1.807) is 13.2 Å². The fourth-order valence-electron chi connectivity index (χ4n) is 2.12. The largest absolute Gasteiger partial charge is 0.481 e. The lowest BCUT2D eigenvalue weighted by atomic mass is 10.0. The first-order valence-corrected chi connectivity index (χ1v) is 6.19. The molecular formula is C15H18N2O2. The van der Waals surface area contributed by atoms with Gasteiger partial charge >= 0.3 is 0 Å². The fourth-order valence-corrected chi connectivity index (χ4v) is 2.12. The number of aromatic nitrogens is 2. The second kappa shape index (κ2) is 5.80. The summed E-state index contributed by atoms with van der Waals surface area (Å²) in [6.45, 7) is 4.05. The molecule has 1 aromatic heterocycles. The standard InChI is InChI=1S/C15H18N2O2/c1-10-4-11(2)6-12(5-10)14(18)7-13-8-15(19-3)17-9-16-13/h4-6,8-9,14,18H,7H2,1-3H3. The molecule has 0 saturated carbocycles. The van der Waals surface area contributed by atoms with Crippen LogP contribution in [-0.4, -0.2) is 22.2 Å². The van der Waals surface area contributed by atoms with Crippen LogP contribution in [0.3, 0.4) is 0 Å². The van der Waals surface area contributed by atoms with Crippen LogP contribution in [-0.2, 0) is 6.42 Å². The predicted molar refractivity (Wildman–Crippen MR) is 73.2 cm³/mol. The van der Waals surface area contributed by atoms with E-state index in [-0.39, 0.29) is 0 Å². The van der Waals surface area contributed by atoms with E-state index in [1.165, 1.54) is 6.33 Å². The first-order valence-electron chi connectivity index (χ1n) is 6.19. The van der Waals surface area contributed by atoms with Crippen molar-refractivity contribution in [3.63, 3.8) is 0 Å². The number of hydrogen-bond donors (Lipinski definition) is 1. The van der Waals surface area contributed by atoms with Crippen molar-refractivity contribution in [3.8, 4) is 5.88 Å². The van der Waals surface area contributed by atoms with E-state index in [9.17, 15) is 5.11 Å². The monoisotopic (exact) mass is 258 g/mol. The van der Waals surface area contributed by atoms with Gasteiger partial charge in [0.05, 0.1) is 18.9 Å². The van der Waals surface area contributed by atoms with Crippen LogP contribution >= 0.6 is 0 Å². The minimum absolute atomic E-state index is 0.446. The van der Waals surface area contributed by atoms with Crippen LogP contribution in [0.5, 0.6) is 5.88 Å². The van der Waals surface area contributed by atoms with Crippen LogP contribution in [0.1, 0.15) is 28.5 Å². The number of benzene rings is 1. The first-order chi connectivity index (χ1) is 9.08. The summed E-state index contributed by atoms with van der Waals surface area (Å²) >= 11 is 0. The molecule has 1 aromatic carbocycles. The zero-order valence-electron chi connectivity index (χ0n) is 11.4. The van der Waals surface area contributed by atoms with Crippen molar-refractivity contribution < 1.29 is 9.84 Å². The molecule has 1 unspecified atom stereocenters. The number of methoxy groups -OCH3 is 1. The summed E-state index contributed by atoms with van der Waals surface area (Å²) in [5.41, 5.74) is 3.97. The van der Waals surface area contributed by atoms with Gasteiger partial charge in [0.15, 0.2) is 0 Å². The SMILES string of the molecule is COc1cc(CC(O)c2cc(C)cc(C)c2)ncn1. The third-order valence-corrected chi connectivity index (χ3v) is 2.94. The van der Waals surface area contributed by atoms with Gasteiger partial charge in [-0.3, -0.25) is 0 Å². The quantitative estimate of drug-likeness (QED) is 0.914. The highest BCUT2D eigenvalue weighted by atomic mass is 16.5. The Hall–Kier alpha value is -1.94. The second-order valence-corrected chi connectivity index (χ2v) is 4.69. The number of aryl methyl sites for hydroxylation is 2. The molecule has 100 valence electrons. The fraction of sp³-hybridized carbons (Fsp3) is 0.333. The van der Waals surface area contributed by atoms with Gasteiger partial charge in [-0.25, -0.2) is 9.97 Å². The summed E-state index contributed by atoms with van der Waals surface area (Å²) in [6, 6.07) is 7.82. The molecule has 1 heterocycles. The van der Waals surface area contributed by atoms with Gasteiger partial charge in [0.1, 0.15) is 6.33 Å². The molecule has 19 heavy (non-hydrogen) atoms. The average Bonchev–Trinajstić information content (AvgIpc) is 2.37. The van der Waals surface area contributed by atoms with Crippen LogP contribution < -0.4 is 4.74 Å². The van der Waals surface area contributed by atoms with E-state index in [0.29, 0.717) is 12.3 Å². The Balaban J connectivity index is 2.17. The van der Waals surface area contributed by atoms with Gasteiger partial charge in [-0.05, 0) is 19.4 Å². The van der Waals surface area contributed by atoms with Crippen molar-refractivity contribution in [2.24, 2.45) is 0 Å². The molecule has 0 aliphatic carbocycles. The lowest BCUT2D eigenvalue weighted by Gasteiger charge is -2.12. The summed E-state index contributed by atoms with van der Waals surface area (Å²) in [5.74, 6) is 0.512. The molecule has 4 nitrogen and oxygen atoms in total. The Morgan fingerprint density at radius 3 is 2.42 bits per heavy atom. The lowest BCUT2D eigenvalue weighted by molar-refractivity contribution is 0.177. The normalized spacial score (nSPS) is 12.2. The Morgan fingerprint density at radius 2 is 1.79 bits per heavy atom. The van der Waals surface area contributed by atoms with Crippen LogP contribution in [0.2, 0.25) is 0 Å². The predicted octanol–water partition coefficient (Wildman–Crippen LogP) is 2.38. The number of aliphatic hydroxyl groups excluding tert-OH is 1. The molecule has 0 saturated heterocycles. The minimum atomic E-state index is -0.571. The van der Waals surface area contributed by atoms with Crippen LogP contribution in [0.15, 0.2) is 30.6 Å². The van der Waals surface area contributed by atoms with E-state index >= 15 is 0 Å². The maximum atomic E-state index is 10.3. The molecule has 2 rings (SSSR count). The number of rotatable bonds is 4. The van der Waals surface area contributed by atoms with Gasteiger partial charge in [-0.15, -0.1) is 0 Å². The van der Waals surface area contributed by atoms with Gasteiger partial charge in [0, 0.05) is 12.5 Å². The van der Waals surface area contributed by atoms with Crippen molar-refractivity contribution in [1.82, 2.24) is 9.97 Å². The summed E-state index contributed by atoms with van der Waals surface area (Å²) in [5, 5.41) is 10.3. The van der Waals surface area contributed by atoms with Crippen LogP contribution in [0.4, 0.5) is 0 Å². The average molecular weight is 258 g/mol. The van der Waals surface area contributed by atoms with Crippen molar-refractivity contribution >= 4 is 0 Å². The highest BCUT2D eigenvalue weighted by Crippen LogP contribution is 2.21. The lowest BCUT2D eigenvalue weighted by Crippen LogP contribution is -2.05. The summed E-state index contributed by atoms with van der Waals surface area (Å²) in [7, 11) is 1.56. The van der Waals surface area contributed by atoms with Gasteiger partial charge in [-0.1, -0.05) is 29.3 Å². The maximum absolute atomic E-state index is 10.3. The second-order valence-electron chi connectivity index (χ2n) is 4.69. The highest BCUT2D eigenvalue weighted by Gasteiger charge is 2.11. The summed E-state index contributed by atoms with van der Waals surface area (Å²) in [6.07, 6.45) is 1.32. The molecule has 1 atom stereocenters. The molecule has 0 aliphatic rings. The van der Waals surface area contributed by atoms with E-state index in [4.69, 9.17) is 4.74 Å². The maximum Gasteiger partial charge on any atom is 0.216 e. The topological polar surface area (TPSA) is 55.2 Å². The first kappa shape index (κ1) is 13.5. The zero-order chi connectivity index (χ0) is 13.8. The molecule has 0 spiro atoms. The molecule has 0 aliphatic heterocycles. The van der Waals surface area contributed by atoms with Gasteiger partial charge in [0.25, 0.3) is 0 Å². The van der Waals surface area contributed by atoms with Crippen molar-refractivity contribution in [2.75, 3.05) is 7.11 Å². The third-order valence-electron chi connectivity index (χ3n) is 2.94. The summed E-state index contributed by atoms with van der Waals surface area (Å²) in [4.78, 5) is 8.10. The number of nitrogens with zero attached hydrogens (tertiary/aromatic N) is 2. The van der Waals surface area contributed by atoms with Crippen molar-refractivity contribution in [2.45, 2.75) is 26.4 Å². The molecular weight excluding hydrogens is 240 g/mol. The smallest absolute Gasteiger partial charge is 0.216 e. The zero-order valence-corrected chi connectivity index (χ0v) is 11.4. The molecule has 0 fully saturated rings. The molecule has 2 aromatic rings. The summed E-state index contributed by atoms with van der Waals surface area (Å²) < 4.78 is 5.05. The molecule has 0 bridgehead atoms. The highest BCUT2D eigenvalue weighted by molar-refractivity contribution is 5.30. The molecule has 0 amide bonds. The van der Waals surface area contributed by atoms with E-state index in [1.807, 2.05) is 26.0 Å². The number of ether oxygens (including phenoxy) is 1. The Labute approximate surface area is 113 Å². The van der Waals surface area contributed by atoms with Crippen LogP contribution in [0.25, 0.3) is 0 Å². The van der Waals surface area contributed by atoms with E-state index in [2.05, 4.69) is 16.0 Å². The van der Waals surface area contributed by atoms with Crippen molar-refractivity contribution in [1.29, 1.82) is 0 Å². The third kappa shape index (κ3) is 3.51. The van der Waals surface area contributed by atoms with Gasteiger partial charge in [-0.2, -0.15) is 0 Å². The van der Waals surface area contributed by atoms with Gasteiger partial charge < -0.3 is 9.84 Å². The number of hydrogen-bond acceptors (Lipinski definition) is 4. The van der Waals surface area contributed by atoms with Crippen LogP contribution in [0, 0.1) is 13.8 Å². The molecule has 1 N–H and O–H groups in total. The van der Waals surface area contributed by atoms with E-state index < -0.39 is 6.10 Å². The van der Waals surface area contributed by atoms with Crippen molar-refractivity contribution in [3.05, 3.63) is 53.0 Å². The Kier molecular flexibility index (Phi) is 4.12. The minimum Gasteiger partial charge on any atom is -0.481 e. The Morgan fingerprint density at radius 1 is 1.11 bits per heavy atom. The molecule has 0 radical (unpaired) electrons. The van der Waals surface area contributed by atoms with Gasteiger partial charge in [0.2, 0.25) is 5.88 Å². The number of aliphatic hydroxyl groups is 1.